The van der Waals surface area contributed by atoms with Crippen molar-refractivity contribution < 1.29 is 13.2 Å². The molecule has 1 saturated heterocycles. The van der Waals surface area contributed by atoms with Crippen molar-refractivity contribution in [2.75, 3.05) is 13.2 Å². The summed E-state index contributed by atoms with van der Waals surface area (Å²) in [6.45, 7) is 3.16. The van der Waals surface area contributed by atoms with Gasteiger partial charge in [-0.25, -0.2) is 13.1 Å². The van der Waals surface area contributed by atoms with Crippen molar-refractivity contribution >= 4 is 27.2 Å². The first-order chi connectivity index (χ1) is 9.40. The third-order valence-corrected chi connectivity index (χ3v) is 5.27. The van der Waals surface area contributed by atoms with Crippen LogP contribution in [0.2, 0.25) is 0 Å². The van der Waals surface area contributed by atoms with Crippen molar-refractivity contribution in [2.24, 2.45) is 11.7 Å². The van der Waals surface area contributed by atoms with E-state index in [9.17, 15) is 8.42 Å². The molecule has 0 saturated carbocycles. The molecule has 7 heteroatoms. The van der Waals surface area contributed by atoms with Gasteiger partial charge in [-0.15, -0.1) is 0 Å². The zero-order valence-electron chi connectivity index (χ0n) is 11.2. The average molecular weight is 314 g/mol. The van der Waals surface area contributed by atoms with Crippen LogP contribution in [0.5, 0.6) is 0 Å². The van der Waals surface area contributed by atoms with Gasteiger partial charge in [0.25, 0.3) is 0 Å². The smallest absolute Gasteiger partial charge is 0.240 e. The van der Waals surface area contributed by atoms with Crippen LogP contribution in [0.1, 0.15) is 18.9 Å². The standard InChI is InChI=1S/C13H18N2O3S2/c1-9(11-6-7-18-8-11)15-20(16,17)12-4-2-10(3-5-12)13(14)19/h2-5,9,11,15H,6-8H2,1H3,(H2,14,19). The molecule has 1 heterocycles. The summed E-state index contributed by atoms with van der Waals surface area (Å²) < 4.78 is 32.5. The van der Waals surface area contributed by atoms with E-state index in [2.05, 4.69) is 4.72 Å². The van der Waals surface area contributed by atoms with Gasteiger partial charge in [0.05, 0.1) is 11.5 Å². The fourth-order valence-corrected chi connectivity index (χ4v) is 3.60. The number of thiocarbonyl (C=S) groups is 1. The predicted molar refractivity (Wildman–Crippen MR) is 81.0 cm³/mol. The monoisotopic (exact) mass is 314 g/mol. The Kier molecular flexibility index (Phi) is 4.74. The first-order valence-corrected chi connectivity index (χ1v) is 8.29. The lowest BCUT2D eigenvalue weighted by molar-refractivity contribution is 0.180. The Balaban J connectivity index is 2.11. The zero-order valence-corrected chi connectivity index (χ0v) is 12.8. The van der Waals surface area contributed by atoms with E-state index in [0.29, 0.717) is 18.8 Å². The Morgan fingerprint density at radius 2 is 2.10 bits per heavy atom. The maximum absolute atomic E-state index is 12.3. The molecule has 3 N–H and O–H groups in total. The number of rotatable bonds is 5. The van der Waals surface area contributed by atoms with Crippen LogP contribution in [-0.2, 0) is 14.8 Å². The molecule has 0 radical (unpaired) electrons. The quantitative estimate of drug-likeness (QED) is 0.793. The molecule has 0 amide bonds. The molecule has 0 spiro atoms. The summed E-state index contributed by atoms with van der Waals surface area (Å²) in [6, 6.07) is 6.09. The Morgan fingerprint density at radius 1 is 1.45 bits per heavy atom. The molecule has 0 aliphatic carbocycles. The number of ether oxygens (including phenoxy) is 1. The second-order valence-corrected chi connectivity index (χ2v) is 7.08. The van der Waals surface area contributed by atoms with Gasteiger partial charge in [0.15, 0.2) is 0 Å². The van der Waals surface area contributed by atoms with Crippen LogP contribution in [0.25, 0.3) is 0 Å². The van der Waals surface area contributed by atoms with E-state index in [1.165, 1.54) is 12.1 Å². The molecule has 5 nitrogen and oxygen atoms in total. The highest BCUT2D eigenvalue weighted by Crippen LogP contribution is 2.19. The summed E-state index contributed by atoms with van der Waals surface area (Å²) in [5, 5.41) is 0. The Morgan fingerprint density at radius 3 is 2.60 bits per heavy atom. The molecule has 1 fully saturated rings. The Labute approximate surface area is 124 Å². The van der Waals surface area contributed by atoms with Gasteiger partial charge >= 0.3 is 0 Å². The van der Waals surface area contributed by atoms with Crippen molar-refractivity contribution in [2.45, 2.75) is 24.3 Å². The highest BCUT2D eigenvalue weighted by molar-refractivity contribution is 7.89. The average Bonchev–Trinajstić information content (AvgIpc) is 2.92. The third-order valence-electron chi connectivity index (χ3n) is 3.46. The van der Waals surface area contributed by atoms with E-state index in [-0.39, 0.29) is 21.8 Å². The molecule has 20 heavy (non-hydrogen) atoms. The lowest BCUT2D eigenvalue weighted by Crippen LogP contribution is -2.38. The summed E-state index contributed by atoms with van der Waals surface area (Å²) in [5.74, 6) is 0.223. The maximum Gasteiger partial charge on any atom is 0.240 e. The van der Waals surface area contributed by atoms with E-state index >= 15 is 0 Å². The van der Waals surface area contributed by atoms with Gasteiger partial charge in [-0.05, 0) is 25.5 Å². The van der Waals surface area contributed by atoms with E-state index < -0.39 is 10.0 Å². The summed E-state index contributed by atoms with van der Waals surface area (Å²) in [6.07, 6.45) is 0.879. The molecule has 1 aromatic rings. The van der Waals surface area contributed by atoms with Gasteiger partial charge in [-0.1, -0.05) is 24.4 Å². The van der Waals surface area contributed by atoms with Crippen molar-refractivity contribution in [3.8, 4) is 0 Å². The van der Waals surface area contributed by atoms with E-state index in [0.717, 1.165) is 6.42 Å². The van der Waals surface area contributed by atoms with Crippen LogP contribution >= 0.6 is 12.2 Å². The Hall–Kier alpha value is -1.02. The molecule has 0 bridgehead atoms. The van der Waals surface area contributed by atoms with E-state index in [1.54, 1.807) is 12.1 Å². The highest BCUT2D eigenvalue weighted by Gasteiger charge is 2.26. The van der Waals surface area contributed by atoms with Gasteiger partial charge in [0, 0.05) is 24.1 Å². The van der Waals surface area contributed by atoms with Gasteiger partial charge < -0.3 is 10.5 Å². The molecule has 0 aromatic heterocycles. The topological polar surface area (TPSA) is 81.4 Å². The minimum absolute atomic E-state index is 0.155. The summed E-state index contributed by atoms with van der Waals surface area (Å²) in [4.78, 5) is 0.460. The van der Waals surface area contributed by atoms with Crippen LogP contribution in [0.15, 0.2) is 29.2 Å². The molecule has 1 aromatic carbocycles. The maximum atomic E-state index is 12.3. The second-order valence-electron chi connectivity index (χ2n) is 4.92. The zero-order chi connectivity index (χ0) is 14.8. The van der Waals surface area contributed by atoms with Crippen LogP contribution < -0.4 is 10.5 Å². The van der Waals surface area contributed by atoms with Crippen LogP contribution in [0.4, 0.5) is 0 Å². The van der Waals surface area contributed by atoms with Crippen LogP contribution in [0.3, 0.4) is 0 Å². The summed E-state index contributed by atoms with van der Waals surface area (Å²) >= 11 is 4.84. The van der Waals surface area contributed by atoms with Crippen molar-refractivity contribution in [3.05, 3.63) is 29.8 Å². The first-order valence-electron chi connectivity index (χ1n) is 6.40. The van der Waals surface area contributed by atoms with Crippen molar-refractivity contribution in [1.29, 1.82) is 0 Å². The molecule has 1 aliphatic heterocycles. The number of sulfonamides is 1. The molecule has 2 unspecified atom stereocenters. The number of hydrogen-bond donors (Lipinski definition) is 2. The minimum atomic E-state index is -3.53. The van der Waals surface area contributed by atoms with Gasteiger partial charge in [0.2, 0.25) is 10.0 Å². The van der Waals surface area contributed by atoms with E-state index in [4.69, 9.17) is 22.7 Å². The summed E-state index contributed by atoms with van der Waals surface area (Å²) in [7, 11) is -3.53. The van der Waals surface area contributed by atoms with Gasteiger partial charge in [0.1, 0.15) is 4.99 Å². The third kappa shape index (κ3) is 3.54. The number of nitrogens with two attached hydrogens (primary N) is 1. The molecule has 2 rings (SSSR count). The van der Waals surface area contributed by atoms with Gasteiger partial charge in [-0.3, -0.25) is 0 Å². The largest absolute Gasteiger partial charge is 0.389 e. The molecule has 1 aliphatic rings. The lowest BCUT2D eigenvalue weighted by atomic mass is 10.0. The van der Waals surface area contributed by atoms with Crippen molar-refractivity contribution in [3.63, 3.8) is 0 Å². The predicted octanol–water partition coefficient (Wildman–Crippen LogP) is 1.02. The second kappa shape index (κ2) is 6.17. The normalized spacial score (nSPS) is 20.8. The SMILES string of the molecule is CC(NS(=O)(=O)c1ccc(C(N)=S)cc1)C1CCOC1. The highest BCUT2D eigenvalue weighted by atomic mass is 32.2. The van der Waals surface area contributed by atoms with Gasteiger partial charge in [-0.2, -0.15) is 0 Å². The summed E-state index contributed by atoms with van der Waals surface area (Å²) in [5.41, 5.74) is 6.14. The fourth-order valence-electron chi connectivity index (χ4n) is 2.15. The number of nitrogens with one attached hydrogen (secondary N) is 1. The van der Waals surface area contributed by atoms with Crippen LogP contribution in [0, 0.1) is 5.92 Å². The lowest BCUT2D eigenvalue weighted by Gasteiger charge is -2.19. The molecule has 2 atom stereocenters. The minimum Gasteiger partial charge on any atom is -0.389 e. The van der Waals surface area contributed by atoms with Crippen LogP contribution in [-0.4, -0.2) is 32.7 Å². The Bertz CT molecular complexity index is 578. The molecular weight excluding hydrogens is 296 g/mol. The fraction of sp³-hybridized carbons (Fsp3) is 0.462. The van der Waals surface area contributed by atoms with Crippen molar-refractivity contribution in [1.82, 2.24) is 4.72 Å². The number of benzene rings is 1. The number of hydrogen-bond acceptors (Lipinski definition) is 4. The molecular formula is C13H18N2O3S2. The molecule has 110 valence electrons. The first kappa shape index (κ1) is 15.4. The van der Waals surface area contributed by atoms with E-state index in [1.807, 2.05) is 6.92 Å².